The fourth-order valence-electron chi connectivity index (χ4n) is 3.89. The number of methoxy groups -OCH3 is 1. The maximum absolute atomic E-state index is 10.1. The Kier molecular flexibility index (Phi) is 7.52. The smallest absolute Gasteiger partial charge is 0.124 e. The van der Waals surface area contributed by atoms with E-state index in [4.69, 9.17) is 9.47 Å². The number of aryl methyl sites for hydroxylation is 1. The number of rotatable bonds is 10. The van der Waals surface area contributed by atoms with Crippen LogP contribution in [0, 0.1) is 0 Å². The first-order valence-corrected chi connectivity index (χ1v) is 10.3. The Morgan fingerprint density at radius 3 is 2.72 bits per heavy atom. The standard InChI is InChI=1S/C22H34N4O3/c1-25(2)13-17(27)15-29-22-10-9-18(28-4)11-16(22)12-26(3)14-21-19-7-5-6-8-20(19)23-24-21/h9-11,17,27H,5-8,12-15H2,1-4H3,(H,23,24)/t17-/m0/s1. The van der Waals surface area contributed by atoms with Crippen molar-refractivity contribution in [3.8, 4) is 11.5 Å². The molecule has 0 amide bonds. The Labute approximate surface area is 173 Å². The molecule has 1 aromatic heterocycles. The van der Waals surface area contributed by atoms with E-state index in [1.54, 1.807) is 7.11 Å². The Morgan fingerprint density at radius 2 is 1.97 bits per heavy atom. The maximum atomic E-state index is 10.1. The Balaban J connectivity index is 1.67. The van der Waals surface area contributed by atoms with E-state index in [2.05, 4.69) is 22.1 Å². The number of ether oxygens (including phenoxy) is 2. The molecule has 1 atom stereocenters. The van der Waals surface area contributed by atoms with Crippen molar-refractivity contribution in [3.05, 3.63) is 40.7 Å². The summed E-state index contributed by atoms with van der Waals surface area (Å²) in [6, 6.07) is 5.81. The molecule has 0 saturated carbocycles. The number of likely N-dealkylation sites (N-methyl/N-ethyl adjacent to an activating group) is 1. The predicted molar refractivity (Wildman–Crippen MR) is 113 cm³/mol. The Bertz CT molecular complexity index is 790. The van der Waals surface area contributed by atoms with Crippen molar-refractivity contribution in [2.24, 2.45) is 0 Å². The van der Waals surface area contributed by atoms with Gasteiger partial charge in [-0.15, -0.1) is 0 Å². The average Bonchev–Trinajstić information content (AvgIpc) is 3.09. The summed E-state index contributed by atoms with van der Waals surface area (Å²) in [7, 11) is 7.63. The Hall–Kier alpha value is -2.09. The lowest BCUT2D eigenvalue weighted by Gasteiger charge is -2.21. The van der Waals surface area contributed by atoms with Crippen LogP contribution in [-0.4, -0.2) is 72.6 Å². The largest absolute Gasteiger partial charge is 0.497 e. The summed E-state index contributed by atoms with van der Waals surface area (Å²) in [5, 5.41) is 17.9. The third-order valence-electron chi connectivity index (χ3n) is 5.28. The minimum Gasteiger partial charge on any atom is -0.497 e. The monoisotopic (exact) mass is 402 g/mol. The molecule has 0 unspecified atom stereocenters. The highest BCUT2D eigenvalue weighted by Gasteiger charge is 2.18. The number of benzene rings is 1. The second-order valence-corrected chi connectivity index (χ2v) is 8.21. The van der Waals surface area contributed by atoms with Crippen LogP contribution >= 0.6 is 0 Å². The first-order valence-electron chi connectivity index (χ1n) is 10.3. The average molecular weight is 403 g/mol. The predicted octanol–water partition coefficient (Wildman–Crippen LogP) is 2.23. The number of nitrogens with zero attached hydrogens (tertiary/aromatic N) is 3. The summed E-state index contributed by atoms with van der Waals surface area (Å²) in [6.45, 7) is 2.31. The minimum absolute atomic E-state index is 0.258. The number of aromatic amines is 1. The second kappa shape index (κ2) is 10.1. The molecule has 160 valence electrons. The molecule has 2 aromatic rings. The van der Waals surface area contributed by atoms with E-state index < -0.39 is 6.10 Å². The molecule has 1 heterocycles. The van der Waals surface area contributed by atoms with Gasteiger partial charge in [0.2, 0.25) is 0 Å². The van der Waals surface area contributed by atoms with E-state index >= 15 is 0 Å². The summed E-state index contributed by atoms with van der Waals surface area (Å²) in [5.41, 5.74) is 4.89. The van der Waals surface area contributed by atoms with Gasteiger partial charge in [0.1, 0.15) is 24.2 Å². The van der Waals surface area contributed by atoms with Crippen molar-refractivity contribution in [2.75, 3.05) is 41.4 Å². The zero-order valence-electron chi connectivity index (χ0n) is 18.1. The number of aromatic nitrogens is 2. The molecular weight excluding hydrogens is 368 g/mol. The van der Waals surface area contributed by atoms with Gasteiger partial charge >= 0.3 is 0 Å². The first-order chi connectivity index (χ1) is 14.0. The molecular formula is C22H34N4O3. The summed E-state index contributed by atoms with van der Waals surface area (Å²) < 4.78 is 11.3. The summed E-state index contributed by atoms with van der Waals surface area (Å²) >= 11 is 0. The van der Waals surface area contributed by atoms with Gasteiger partial charge in [-0.25, -0.2) is 0 Å². The number of hydrogen-bond donors (Lipinski definition) is 2. The molecule has 1 aromatic carbocycles. The van der Waals surface area contributed by atoms with Gasteiger partial charge in [0.15, 0.2) is 0 Å². The number of aliphatic hydroxyl groups is 1. The van der Waals surface area contributed by atoms with E-state index in [0.29, 0.717) is 13.1 Å². The number of fused-ring (bicyclic) bond motifs is 1. The molecule has 1 aliphatic carbocycles. The van der Waals surface area contributed by atoms with Gasteiger partial charge < -0.3 is 19.5 Å². The molecule has 29 heavy (non-hydrogen) atoms. The fraction of sp³-hybridized carbons (Fsp3) is 0.591. The van der Waals surface area contributed by atoms with Crippen LogP contribution in [0.5, 0.6) is 11.5 Å². The van der Waals surface area contributed by atoms with E-state index in [9.17, 15) is 5.11 Å². The van der Waals surface area contributed by atoms with Crippen molar-refractivity contribution < 1.29 is 14.6 Å². The lowest BCUT2D eigenvalue weighted by Crippen LogP contribution is -2.30. The van der Waals surface area contributed by atoms with Crippen LogP contribution in [0.2, 0.25) is 0 Å². The van der Waals surface area contributed by atoms with Gasteiger partial charge in [-0.2, -0.15) is 5.10 Å². The topological polar surface area (TPSA) is 73.8 Å². The quantitative estimate of drug-likeness (QED) is 0.635. The molecule has 1 aliphatic rings. The maximum Gasteiger partial charge on any atom is 0.124 e. The van der Waals surface area contributed by atoms with Gasteiger partial charge in [-0.05, 0) is 70.6 Å². The van der Waals surface area contributed by atoms with Crippen LogP contribution < -0.4 is 9.47 Å². The van der Waals surface area contributed by atoms with Crippen LogP contribution in [0.15, 0.2) is 18.2 Å². The molecule has 0 radical (unpaired) electrons. The molecule has 0 fully saturated rings. The summed E-state index contributed by atoms with van der Waals surface area (Å²) in [4.78, 5) is 4.18. The van der Waals surface area contributed by atoms with Gasteiger partial charge in [0.25, 0.3) is 0 Å². The van der Waals surface area contributed by atoms with E-state index in [0.717, 1.165) is 42.1 Å². The zero-order chi connectivity index (χ0) is 20.8. The molecule has 0 aliphatic heterocycles. The molecule has 0 spiro atoms. The molecule has 7 nitrogen and oxygen atoms in total. The number of H-pyrrole nitrogens is 1. The number of nitrogens with one attached hydrogen (secondary N) is 1. The zero-order valence-corrected chi connectivity index (χ0v) is 18.1. The van der Waals surface area contributed by atoms with Crippen LogP contribution in [-0.2, 0) is 25.9 Å². The third kappa shape index (κ3) is 5.95. The number of aliphatic hydroxyl groups excluding tert-OH is 1. The SMILES string of the molecule is COc1ccc(OC[C@@H](O)CN(C)C)c(CN(C)Cc2n[nH]c3c2CCCC3)c1. The van der Waals surface area contributed by atoms with Gasteiger partial charge in [-0.3, -0.25) is 10.00 Å². The summed E-state index contributed by atoms with van der Waals surface area (Å²) in [5.74, 6) is 1.58. The highest BCUT2D eigenvalue weighted by atomic mass is 16.5. The third-order valence-corrected chi connectivity index (χ3v) is 5.28. The fourth-order valence-corrected chi connectivity index (χ4v) is 3.89. The molecule has 0 bridgehead atoms. The van der Waals surface area contributed by atoms with Crippen molar-refractivity contribution in [1.82, 2.24) is 20.0 Å². The molecule has 2 N–H and O–H groups in total. The molecule has 7 heteroatoms. The van der Waals surface area contributed by atoms with E-state index in [1.807, 2.05) is 37.2 Å². The van der Waals surface area contributed by atoms with Crippen LogP contribution in [0.1, 0.15) is 35.4 Å². The highest BCUT2D eigenvalue weighted by molar-refractivity contribution is 5.40. The van der Waals surface area contributed by atoms with Gasteiger partial charge in [-0.1, -0.05) is 0 Å². The first kappa shape index (κ1) is 21.6. The summed E-state index contributed by atoms with van der Waals surface area (Å²) in [6.07, 6.45) is 4.18. The van der Waals surface area contributed by atoms with Crippen LogP contribution in [0.25, 0.3) is 0 Å². The van der Waals surface area contributed by atoms with Crippen molar-refractivity contribution >= 4 is 0 Å². The Morgan fingerprint density at radius 1 is 1.17 bits per heavy atom. The lowest BCUT2D eigenvalue weighted by atomic mass is 9.96. The molecule has 0 saturated heterocycles. The van der Waals surface area contributed by atoms with Crippen LogP contribution in [0.3, 0.4) is 0 Å². The number of hydrogen-bond acceptors (Lipinski definition) is 6. The van der Waals surface area contributed by atoms with Crippen molar-refractivity contribution in [2.45, 2.75) is 44.9 Å². The van der Waals surface area contributed by atoms with E-state index in [1.165, 1.54) is 24.1 Å². The van der Waals surface area contributed by atoms with E-state index in [-0.39, 0.29) is 6.61 Å². The van der Waals surface area contributed by atoms with Gasteiger partial charge in [0, 0.05) is 30.9 Å². The lowest BCUT2D eigenvalue weighted by molar-refractivity contribution is 0.0823. The minimum atomic E-state index is -0.534. The van der Waals surface area contributed by atoms with Gasteiger partial charge in [0.05, 0.1) is 12.8 Å². The second-order valence-electron chi connectivity index (χ2n) is 8.21. The molecule has 3 rings (SSSR count). The normalized spacial score (nSPS) is 14.9. The van der Waals surface area contributed by atoms with Crippen molar-refractivity contribution in [3.63, 3.8) is 0 Å². The van der Waals surface area contributed by atoms with Crippen LogP contribution in [0.4, 0.5) is 0 Å². The highest BCUT2D eigenvalue weighted by Crippen LogP contribution is 2.27. The van der Waals surface area contributed by atoms with Crippen molar-refractivity contribution in [1.29, 1.82) is 0 Å².